The van der Waals surface area contributed by atoms with Crippen molar-refractivity contribution >= 4 is 17.2 Å². The van der Waals surface area contributed by atoms with Gasteiger partial charge in [-0.2, -0.15) is 0 Å². The zero-order valence-corrected chi connectivity index (χ0v) is 12.6. The quantitative estimate of drug-likeness (QED) is 0.835. The fourth-order valence-electron chi connectivity index (χ4n) is 2.80. The van der Waals surface area contributed by atoms with E-state index in [1.165, 1.54) is 12.0 Å². The minimum Gasteiger partial charge on any atom is -0.393 e. The molecule has 0 spiro atoms. The summed E-state index contributed by atoms with van der Waals surface area (Å²) in [6.45, 7) is 2.21. The molecule has 0 amide bonds. The van der Waals surface area contributed by atoms with Crippen LogP contribution in [0.25, 0.3) is 0 Å². The van der Waals surface area contributed by atoms with E-state index in [0.29, 0.717) is 17.1 Å². The predicted molar refractivity (Wildman–Crippen MR) is 84.3 cm³/mol. The molecule has 2 N–H and O–H groups in total. The first kappa shape index (κ1) is 14.4. The second kappa shape index (κ2) is 6.46. The molecule has 0 aromatic heterocycles. The van der Waals surface area contributed by atoms with E-state index in [-0.39, 0.29) is 0 Å². The molecular weight excluding hydrogens is 254 g/mol. The van der Waals surface area contributed by atoms with E-state index in [4.69, 9.17) is 18.0 Å². The van der Waals surface area contributed by atoms with Gasteiger partial charge in [0.15, 0.2) is 0 Å². The van der Waals surface area contributed by atoms with Gasteiger partial charge in [-0.15, -0.1) is 0 Å². The number of likely N-dealkylation sites (tertiary alicyclic amines) is 1. The van der Waals surface area contributed by atoms with Crippen molar-refractivity contribution in [1.82, 2.24) is 9.80 Å². The van der Waals surface area contributed by atoms with Gasteiger partial charge in [0.25, 0.3) is 0 Å². The van der Waals surface area contributed by atoms with E-state index in [2.05, 4.69) is 48.2 Å². The molecule has 2 rings (SSSR count). The van der Waals surface area contributed by atoms with Crippen molar-refractivity contribution in [3.8, 4) is 0 Å². The van der Waals surface area contributed by atoms with Crippen molar-refractivity contribution in [2.24, 2.45) is 5.73 Å². The van der Waals surface area contributed by atoms with Gasteiger partial charge in [0.05, 0.1) is 4.99 Å². The third-order valence-corrected chi connectivity index (χ3v) is 4.11. The molecule has 4 heteroatoms. The summed E-state index contributed by atoms with van der Waals surface area (Å²) in [5.41, 5.74) is 7.10. The first-order valence-electron chi connectivity index (χ1n) is 6.81. The Bertz CT molecular complexity index is 419. The topological polar surface area (TPSA) is 32.5 Å². The SMILES string of the molecule is CN(C)C1CCN(C(CC(N)=S)c2ccccc2)C1. The fraction of sp³-hybridized carbons (Fsp3) is 0.533. The number of benzene rings is 1. The van der Waals surface area contributed by atoms with E-state index >= 15 is 0 Å². The summed E-state index contributed by atoms with van der Waals surface area (Å²) in [4.78, 5) is 5.42. The minimum absolute atomic E-state index is 0.323. The van der Waals surface area contributed by atoms with E-state index in [0.717, 1.165) is 19.5 Å². The number of hydrogen-bond donors (Lipinski definition) is 1. The molecule has 19 heavy (non-hydrogen) atoms. The highest BCUT2D eigenvalue weighted by Gasteiger charge is 2.30. The van der Waals surface area contributed by atoms with Crippen molar-refractivity contribution in [2.75, 3.05) is 27.2 Å². The molecule has 1 saturated heterocycles. The lowest BCUT2D eigenvalue weighted by atomic mass is 10.0. The van der Waals surface area contributed by atoms with Crippen LogP contribution in [0.4, 0.5) is 0 Å². The van der Waals surface area contributed by atoms with Gasteiger partial charge in [-0.25, -0.2) is 0 Å². The van der Waals surface area contributed by atoms with Crippen molar-refractivity contribution in [3.63, 3.8) is 0 Å². The van der Waals surface area contributed by atoms with Crippen LogP contribution >= 0.6 is 12.2 Å². The van der Waals surface area contributed by atoms with Crippen LogP contribution in [0.15, 0.2) is 30.3 Å². The maximum absolute atomic E-state index is 5.79. The van der Waals surface area contributed by atoms with Gasteiger partial charge in [0.1, 0.15) is 0 Å². The van der Waals surface area contributed by atoms with Crippen molar-refractivity contribution in [3.05, 3.63) is 35.9 Å². The average Bonchev–Trinajstić information content (AvgIpc) is 2.86. The fourth-order valence-corrected chi connectivity index (χ4v) is 2.95. The summed E-state index contributed by atoms with van der Waals surface area (Å²) in [5.74, 6) is 0. The van der Waals surface area contributed by atoms with Crippen molar-refractivity contribution in [2.45, 2.75) is 24.9 Å². The monoisotopic (exact) mass is 277 g/mol. The van der Waals surface area contributed by atoms with Gasteiger partial charge in [0, 0.05) is 31.6 Å². The van der Waals surface area contributed by atoms with E-state index in [9.17, 15) is 0 Å². The largest absolute Gasteiger partial charge is 0.393 e. The molecule has 2 unspecified atom stereocenters. The lowest BCUT2D eigenvalue weighted by Crippen LogP contribution is -2.34. The first-order valence-corrected chi connectivity index (χ1v) is 7.22. The molecule has 3 nitrogen and oxygen atoms in total. The lowest BCUT2D eigenvalue weighted by Gasteiger charge is -2.29. The Morgan fingerprint density at radius 1 is 1.42 bits per heavy atom. The second-order valence-electron chi connectivity index (χ2n) is 5.50. The summed E-state index contributed by atoms with van der Waals surface area (Å²) < 4.78 is 0. The van der Waals surface area contributed by atoms with E-state index in [1.54, 1.807) is 0 Å². The molecule has 1 aliphatic rings. The summed E-state index contributed by atoms with van der Waals surface area (Å²) in [6.07, 6.45) is 1.98. The van der Waals surface area contributed by atoms with Crippen LogP contribution in [0.2, 0.25) is 0 Å². The maximum Gasteiger partial charge on any atom is 0.0746 e. The Morgan fingerprint density at radius 3 is 2.63 bits per heavy atom. The maximum atomic E-state index is 5.79. The predicted octanol–water partition coefficient (Wildman–Crippen LogP) is 2.04. The summed E-state index contributed by atoms with van der Waals surface area (Å²) in [6, 6.07) is 11.5. The van der Waals surface area contributed by atoms with Crippen LogP contribution in [0.1, 0.15) is 24.4 Å². The smallest absolute Gasteiger partial charge is 0.0746 e. The van der Waals surface area contributed by atoms with Gasteiger partial charge < -0.3 is 10.6 Å². The Balaban J connectivity index is 2.13. The van der Waals surface area contributed by atoms with Crippen LogP contribution < -0.4 is 5.73 Å². The van der Waals surface area contributed by atoms with Crippen LogP contribution in [0.5, 0.6) is 0 Å². The molecule has 0 saturated carbocycles. The molecule has 1 fully saturated rings. The average molecular weight is 277 g/mol. The molecule has 1 aromatic rings. The number of nitrogens with zero attached hydrogens (tertiary/aromatic N) is 2. The second-order valence-corrected chi connectivity index (χ2v) is 6.02. The molecule has 1 aliphatic heterocycles. The van der Waals surface area contributed by atoms with Gasteiger partial charge in [-0.3, -0.25) is 4.90 Å². The third kappa shape index (κ3) is 3.75. The zero-order chi connectivity index (χ0) is 13.8. The van der Waals surface area contributed by atoms with Gasteiger partial charge >= 0.3 is 0 Å². The Hall–Kier alpha value is -0.970. The first-order chi connectivity index (χ1) is 9.08. The highest BCUT2D eigenvalue weighted by atomic mass is 32.1. The molecule has 1 heterocycles. The zero-order valence-electron chi connectivity index (χ0n) is 11.7. The minimum atomic E-state index is 0.323. The number of rotatable bonds is 5. The Kier molecular flexibility index (Phi) is 4.91. The van der Waals surface area contributed by atoms with Crippen LogP contribution in [0.3, 0.4) is 0 Å². The normalized spacial score (nSPS) is 21.7. The molecule has 0 radical (unpaired) electrons. The molecule has 0 bridgehead atoms. The molecule has 0 aliphatic carbocycles. The molecule has 104 valence electrons. The Labute approximate surface area is 121 Å². The number of thiocarbonyl (C=S) groups is 1. The van der Waals surface area contributed by atoms with Crippen LogP contribution in [0, 0.1) is 0 Å². The van der Waals surface area contributed by atoms with E-state index in [1.807, 2.05) is 6.07 Å². The standard InChI is InChI=1S/C15H23N3S/c1-17(2)13-8-9-18(11-13)14(10-15(16)19)12-6-4-3-5-7-12/h3-7,13-14H,8-11H2,1-2H3,(H2,16,19). The van der Waals surface area contributed by atoms with Gasteiger partial charge in [0.2, 0.25) is 0 Å². The summed E-state index contributed by atoms with van der Waals surface area (Å²) >= 11 is 5.13. The lowest BCUT2D eigenvalue weighted by molar-refractivity contribution is 0.220. The van der Waals surface area contributed by atoms with Crippen molar-refractivity contribution in [1.29, 1.82) is 0 Å². The van der Waals surface area contributed by atoms with Crippen LogP contribution in [-0.4, -0.2) is 48.0 Å². The molecular formula is C15H23N3S. The number of hydrogen-bond acceptors (Lipinski definition) is 3. The van der Waals surface area contributed by atoms with Gasteiger partial charge in [-0.05, 0) is 26.1 Å². The highest BCUT2D eigenvalue weighted by Crippen LogP contribution is 2.29. The van der Waals surface area contributed by atoms with Crippen LogP contribution in [-0.2, 0) is 0 Å². The molecule has 2 atom stereocenters. The van der Waals surface area contributed by atoms with Gasteiger partial charge in [-0.1, -0.05) is 42.5 Å². The van der Waals surface area contributed by atoms with E-state index < -0.39 is 0 Å². The third-order valence-electron chi connectivity index (χ3n) is 3.94. The number of nitrogens with two attached hydrogens (primary N) is 1. The molecule has 1 aromatic carbocycles. The number of likely N-dealkylation sites (N-methyl/N-ethyl adjacent to an activating group) is 1. The highest BCUT2D eigenvalue weighted by molar-refractivity contribution is 7.80. The summed E-state index contributed by atoms with van der Waals surface area (Å²) in [5, 5.41) is 0. The summed E-state index contributed by atoms with van der Waals surface area (Å²) in [7, 11) is 4.30. The Morgan fingerprint density at radius 2 is 2.11 bits per heavy atom. The van der Waals surface area contributed by atoms with Crippen molar-refractivity contribution < 1.29 is 0 Å².